The lowest BCUT2D eigenvalue weighted by Gasteiger charge is -2.16. The van der Waals surface area contributed by atoms with Gasteiger partial charge in [-0.1, -0.05) is 25.1 Å². The molecule has 6 nitrogen and oxygen atoms in total. The van der Waals surface area contributed by atoms with Crippen molar-refractivity contribution in [1.82, 2.24) is 0 Å². The number of aryl methyl sites for hydroxylation is 1. The van der Waals surface area contributed by atoms with Gasteiger partial charge in [0, 0.05) is 12.1 Å². The smallest absolute Gasteiger partial charge is 0.230 e. The van der Waals surface area contributed by atoms with Crippen LogP contribution in [0.1, 0.15) is 25.3 Å². The average Bonchev–Trinajstić information content (AvgIpc) is 2.46. The molecule has 0 radical (unpaired) electrons. The number of carboxylic acids is 1. The van der Waals surface area contributed by atoms with Crippen molar-refractivity contribution in [2.45, 2.75) is 32.2 Å². The molecule has 6 heteroatoms. The Kier molecular flexibility index (Phi) is 7.42. The molecule has 21 heavy (non-hydrogen) atoms. The molecule has 0 heterocycles. The highest BCUT2D eigenvalue weighted by atomic mass is 16.4. The number of carboxylic acid groups (broad SMARTS) is 1. The van der Waals surface area contributed by atoms with Crippen LogP contribution in [0.2, 0.25) is 0 Å². The third-order valence-corrected chi connectivity index (χ3v) is 3.29. The standard InChI is InChI=1S/C15H23N3O3/c1-2-11-6-3-4-7-12(11)18-14(19)10-13(15(20)21)17-9-5-8-16/h3-4,6-7,13,17H,2,5,8-10,16H2,1H3,(H,18,19)(H,20,21)/p+1/t13-/m0/s1. The van der Waals surface area contributed by atoms with Crippen LogP contribution in [0, 0.1) is 0 Å². The van der Waals surface area contributed by atoms with Gasteiger partial charge in [0.25, 0.3) is 0 Å². The van der Waals surface area contributed by atoms with E-state index in [2.05, 4.69) is 11.1 Å². The summed E-state index contributed by atoms with van der Waals surface area (Å²) in [4.78, 5) is 23.1. The normalized spacial score (nSPS) is 11.9. The largest absolute Gasteiger partial charge is 0.544 e. The second kappa shape index (κ2) is 9.10. The SMILES string of the molecule is CCc1ccccc1NC(=O)C[C@H]([NH2+]CCC[NH3+])C(=O)[O-]. The Labute approximate surface area is 124 Å². The van der Waals surface area contributed by atoms with Gasteiger partial charge in [-0.05, 0) is 18.1 Å². The van der Waals surface area contributed by atoms with Crippen LogP contribution < -0.4 is 21.5 Å². The number of hydrogen-bond donors (Lipinski definition) is 3. The lowest BCUT2D eigenvalue weighted by atomic mass is 10.1. The van der Waals surface area contributed by atoms with Gasteiger partial charge in [-0.2, -0.15) is 0 Å². The molecule has 0 fully saturated rings. The maximum Gasteiger partial charge on any atom is 0.230 e. The molecule has 1 aromatic rings. The Morgan fingerprint density at radius 1 is 1.38 bits per heavy atom. The van der Waals surface area contributed by atoms with Gasteiger partial charge in [0.15, 0.2) is 0 Å². The number of nitrogens with one attached hydrogen (secondary N) is 1. The van der Waals surface area contributed by atoms with E-state index >= 15 is 0 Å². The van der Waals surface area contributed by atoms with Crippen LogP contribution in [0.25, 0.3) is 0 Å². The monoisotopic (exact) mass is 294 g/mol. The molecule has 0 saturated carbocycles. The van der Waals surface area contributed by atoms with E-state index in [1.54, 1.807) is 5.32 Å². The summed E-state index contributed by atoms with van der Waals surface area (Å²) in [5.41, 5.74) is 5.46. The van der Waals surface area contributed by atoms with Gasteiger partial charge in [-0.25, -0.2) is 0 Å². The molecule has 1 aromatic carbocycles. The Bertz CT molecular complexity index is 477. The summed E-state index contributed by atoms with van der Waals surface area (Å²) in [5.74, 6) is -1.52. The maximum absolute atomic E-state index is 12.0. The summed E-state index contributed by atoms with van der Waals surface area (Å²) in [6.45, 7) is 3.37. The first-order valence-electron chi connectivity index (χ1n) is 7.29. The van der Waals surface area contributed by atoms with Crippen molar-refractivity contribution in [3.63, 3.8) is 0 Å². The van der Waals surface area contributed by atoms with Crippen molar-refractivity contribution in [2.24, 2.45) is 0 Å². The zero-order valence-electron chi connectivity index (χ0n) is 12.4. The lowest BCUT2D eigenvalue weighted by molar-refractivity contribution is -0.684. The fraction of sp³-hybridized carbons (Fsp3) is 0.467. The molecule has 1 rings (SSSR count). The zero-order chi connectivity index (χ0) is 15.7. The number of nitrogens with two attached hydrogens (primary N) is 1. The minimum absolute atomic E-state index is 0.0997. The molecule has 0 aliphatic heterocycles. The molecule has 0 bridgehead atoms. The molecule has 0 aliphatic rings. The van der Waals surface area contributed by atoms with Crippen LogP contribution in [-0.4, -0.2) is 31.0 Å². The number of anilines is 1. The first-order chi connectivity index (χ1) is 10.1. The molecular weight excluding hydrogens is 270 g/mol. The highest BCUT2D eigenvalue weighted by molar-refractivity contribution is 5.93. The first kappa shape index (κ1) is 17.1. The summed E-state index contributed by atoms with van der Waals surface area (Å²) in [5, 5.41) is 15.5. The molecule has 0 spiro atoms. The second-order valence-corrected chi connectivity index (χ2v) is 4.92. The third-order valence-electron chi connectivity index (χ3n) is 3.29. The first-order valence-corrected chi connectivity index (χ1v) is 7.29. The molecule has 0 aromatic heterocycles. The highest BCUT2D eigenvalue weighted by Gasteiger charge is 2.18. The van der Waals surface area contributed by atoms with Crippen LogP contribution in [0.4, 0.5) is 5.69 Å². The number of rotatable bonds is 9. The topological polar surface area (TPSA) is 113 Å². The number of aliphatic carboxylic acids is 1. The van der Waals surface area contributed by atoms with Crippen molar-refractivity contribution in [2.75, 3.05) is 18.4 Å². The molecular formula is C15H24N3O3+. The maximum atomic E-state index is 12.0. The van der Waals surface area contributed by atoms with Crippen molar-refractivity contribution in [3.05, 3.63) is 29.8 Å². The summed E-state index contributed by atoms with van der Waals surface area (Å²) >= 11 is 0. The molecule has 0 saturated heterocycles. The molecule has 1 atom stereocenters. The Morgan fingerprint density at radius 2 is 2.10 bits per heavy atom. The van der Waals surface area contributed by atoms with Gasteiger partial charge in [0.05, 0.1) is 25.5 Å². The fourth-order valence-electron chi connectivity index (χ4n) is 2.08. The van der Waals surface area contributed by atoms with Crippen LogP contribution in [0.15, 0.2) is 24.3 Å². The van der Waals surface area contributed by atoms with Gasteiger partial charge in [0.2, 0.25) is 5.91 Å². The van der Waals surface area contributed by atoms with Gasteiger partial charge in [0.1, 0.15) is 6.04 Å². The molecule has 116 valence electrons. The number of carbonyl (C=O) groups excluding carboxylic acids is 2. The fourth-order valence-corrected chi connectivity index (χ4v) is 2.08. The summed E-state index contributed by atoms with van der Waals surface area (Å²) in [6, 6.07) is 6.64. The molecule has 0 unspecified atom stereocenters. The van der Waals surface area contributed by atoms with E-state index in [0.29, 0.717) is 6.54 Å². The van der Waals surface area contributed by atoms with Crippen molar-refractivity contribution in [3.8, 4) is 0 Å². The van der Waals surface area contributed by atoms with Crippen LogP contribution >= 0.6 is 0 Å². The minimum Gasteiger partial charge on any atom is -0.544 e. The number of benzene rings is 1. The Morgan fingerprint density at radius 3 is 2.71 bits per heavy atom. The summed E-state index contributed by atoms with van der Waals surface area (Å²) in [6.07, 6.45) is 1.51. The van der Waals surface area contributed by atoms with E-state index in [0.717, 1.165) is 30.6 Å². The lowest BCUT2D eigenvalue weighted by Crippen LogP contribution is -2.93. The van der Waals surface area contributed by atoms with E-state index in [-0.39, 0.29) is 12.3 Å². The predicted molar refractivity (Wildman–Crippen MR) is 77.0 cm³/mol. The number of amides is 1. The van der Waals surface area contributed by atoms with E-state index in [1.807, 2.05) is 31.2 Å². The molecule has 0 aliphatic carbocycles. The second-order valence-electron chi connectivity index (χ2n) is 4.92. The third kappa shape index (κ3) is 5.93. The number of carbonyl (C=O) groups is 2. The van der Waals surface area contributed by atoms with Crippen LogP contribution in [0.5, 0.6) is 0 Å². The minimum atomic E-state index is -1.21. The van der Waals surface area contributed by atoms with Gasteiger partial charge in [-0.15, -0.1) is 0 Å². The van der Waals surface area contributed by atoms with Crippen molar-refractivity contribution in [1.29, 1.82) is 0 Å². The number of para-hydroxylation sites is 1. The van der Waals surface area contributed by atoms with Crippen molar-refractivity contribution >= 4 is 17.6 Å². The number of hydrogen-bond acceptors (Lipinski definition) is 3. The molecule has 1 amide bonds. The van der Waals surface area contributed by atoms with Crippen LogP contribution in [-0.2, 0) is 16.0 Å². The van der Waals surface area contributed by atoms with Gasteiger partial charge in [-0.3, -0.25) is 4.79 Å². The van der Waals surface area contributed by atoms with E-state index in [4.69, 9.17) is 0 Å². The predicted octanol–water partition coefficient (Wildman–Crippen LogP) is -2.11. The Balaban J connectivity index is 2.59. The highest BCUT2D eigenvalue weighted by Crippen LogP contribution is 2.15. The summed E-state index contributed by atoms with van der Waals surface area (Å²) in [7, 11) is 0. The number of quaternary nitrogens is 2. The quantitative estimate of drug-likeness (QED) is 0.453. The van der Waals surface area contributed by atoms with Gasteiger partial charge >= 0.3 is 0 Å². The zero-order valence-corrected chi connectivity index (χ0v) is 12.4. The Hall–Kier alpha value is -1.92. The van der Waals surface area contributed by atoms with E-state index < -0.39 is 12.0 Å². The van der Waals surface area contributed by atoms with Gasteiger partial charge < -0.3 is 26.3 Å². The van der Waals surface area contributed by atoms with E-state index in [1.165, 1.54) is 0 Å². The van der Waals surface area contributed by atoms with E-state index in [9.17, 15) is 14.7 Å². The van der Waals surface area contributed by atoms with Crippen LogP contribution in [0.3, 0.4) is 0 Å². The average molecular weight is 294 g/mol. The van der Waals surface area contributed by atoms with Crippen molar-refractivity contribution < 1.29 is 25.7 Å². The molecule has 6 N–H and O–H groups in total. The summed E-state index contributed by atoms with van der Waals surface area (Å²) < 4.78 is 0.